The first-order valence-electron chi connectivity index (χ1n) is 14.7. The Bertz CT molecular complexity index is 552. The van der Waals surface area contributed by atoms with Gasteiger partial charge in [-0.25, -0.2) is 0 Å². The Balaban J connectivity index is -0.000000558. The SMILES string of the molecule is CCCCCCCO[Si](C)(C)CC(C)CC(C)(C)C.CO[Si](C)(C)C[Si](OC)(OC)OC.CO[Si](C)(C)OC. The lowest BCUT2D eigenvalue weighted by molar-refractivity contribution is 0.127. The van der Waals surface area contributed by atoms with Crippen molar-refractivity contribution in [1.29, 1.82) is 0 Å². The molecule has 0 aliphatic rings. The van der Waals surface area contributed by atoms with Crippen molar-refractivity contribution in [2.24, 2.45) is 11.3 Å². The average molecular weight is 631 g/mol. The van der Waals surface area contributed by atoms with E-state index in [0.717, 1.165) is 18.2 Å². The van der Waals surface area contributed by atoms with Crippen molar-refractivity contribution < 1.29 is 31.0 Å². The molecular formula is C28H70O7Si4. The summed E-state index contributed by atoms with van der Waals surface area (Å²) in [5.74, 6) is 0.793. The quantitative estimate of drug-likeness (QED) is 0.111. The van der Waals surface area contributed by atoms with E-state index < -0.39 is 34.0 Å². The van der Waals surface area contributed by atoms with E-state index in [4.69, 9.17) is 31.0 Å². The van der Waals surface area contributed by atoms with Gasteiger partial charge in [0.2, 0.25) is 0 Å². The molecule has 0 heterocycles. The molecule has 240 valence electrons. The van der Waals surface area contributed by atoms with Crippen LogP contribution in [0.25, 0.3) is 0 Å². The molecule has 1 atom stereocenters. The third kappa shape index (κ3) is 27.2. The van der Waals surface area contributed by atoms with Gasteiger partial charge in [0.25, 0.3) is 0 Å². The minimum atomic E-state index is -2.44. The standard InChI is InChI=1S/C17H38OSi.C7H20O4Si2.C4H12O2Si/c1-8-9-10-11-12-13-18-19(6,7)15-16(2)14-17(3,4)5;1-8-12(5,6)7-13(9-2,10-3)11-4;1-5-7(3,4)6-2/h16H,8-15H2,1-7H3;7H2,1-6H3;1-4H3. The number of hydrogen-bond donors (Lipinski definition) is 0. The molecule has 0 aliphatic heterocycles. The van der Waals surface area contributed by atoms with E-state index in [9.17, 15) is 0 Å². The Morgan fingerprint density at radius 1 is 0.615 bits per heavy atom. The summed E-state index contributed by atoms with van der Waals surface area (Å²) in [5.41, 5.74) is 1.23. The second-order valence-electron chi connectivity index (χ2n) is 13.3. The molecule has 0 aliphatic carbocycles. The molecule has 0 N–H and O–H groups in total. The van der Waals surface area contributed by atoms with E-state index in [-0.39, 0.29) is 0 Å². The van der Waals surface area contributed by atoms with Gasteiger partial charge in [0.15, 0.2) is 16.6 Å². The van der Waals surface area contributed by atoms with E-state index in [1.165, 1.54) is 44.6 Å². The predicted octanol–water partition coefficient (Wildman–Crippen LogP) is 8.49. The van der Waals surface area contributed by atoms with E-state index in [0.29, 0.717) is 5.41 Å². The number of rotatable bonds is 18. The van der Waals surface area contributed by atoms with Crippen LogP contribution < -0.4 is 0 Å². The molecule has 0 saturated heterocycles. The topological polar surface area (TPSA) is 64.6 Å². The third-order valence-corrected chi connectivity index (χ3v) is 19.4. The Labute approximate surface area is 249 Å². The van der Waals surface area contributed by atoms with E-state index >= 15 is 0 Å². The fourth-order valence-electron chi connectivity index (χ4n) is 4.21. The van der Waals surface area contributed by atoms with E-state index in [2.05, 4.69) is 60.8 Å². The van der Waals surface area contributed by atoms with Crippen molar-refractivity contribution in [2.45, 2.75) is 124 Å². The van der Waals surface area contributed by atoms with E-state index in [1.807, 2.05) is 13.1 Å². The van der Waals surface area contributed by atoms with Crippen LogP contribution in [0.2, 0.25) is 51.0 Å². The Morgan fingerprint density at radius 3 is 1.41 bits per heavy atom. The first-order valence-corrected chi connectivity index (χ1v) is 25.7. The highest BCUT2D eigenvalue weighted by atomic mass is 28.4. The molecule has 0 fully saturated rings. The zero-order valence-electron chi connectivity index (χ0n) is 29.3. The maximum Gasteiger partial charge on any atom is 0.499 e. The summed E-state index contributed by atoms with van der Waals surface area (Å²) in [6, 6.07) is 1.30. The maximum absolute atomic E-state index is 6.23. The van der Waals surface area contributed by atoms with Gasteiger partial charge in [0, 0.05) is 54.9 Å². The number of unbranched alkanes of at least 4 members (excludes halogenated alkanes) is 4. The first kappa shape index (κ1) is 44.0. The molecule has 0 saturated carbocycles. The van der Waals surface area contributed by atoms with E-state index in [1.54, 1.807) is 42.7 Å². The van der Waals surface area contributed by atoms with Crippen LogP contribution >= 0.6 is 0 Å². The summed E-state index contributed by atoms with van der Waals surface area (Å²) in [4.78, 5) is 0. The Kier molecular flexibility index (Phi) is 25.0. The minimum absolute atomic E-state index is 0.448. The van der Waals surface area contributed by atoms with Gasteiger partial charge in [-0.2, -0.15) is 0 Å². The fraction of sp³-hybridized carbons (Fsp3) is 1.00. The molecule has 0 aromatic carbocycles. The smallest absolute Gasteiger partial charge is 0.421 e. The molecule has 1 unspecified atom stereocenters. The van der Waals surface area contributed by atoms with Crippen LogP contribution in [0.1, 0.15) is 73.1 Å². The second kappa shape index (κ2) is 22.2. The van der Waals surface area contributed by atoms with Gasteiger partial charge in [0.05, 0.1) is 0 Å². The van der Waals surface area contributed by atoms with Crippen LogP contribution in [-0.2, 0) is 31.0 Å². The molecule has 0 aromatic heterocycles. The monoisotopic (exact) mass is 630 g/mol. The molecule has 0 aromatic rings. The highest BCUT2D eigenvalue weighted by Crippen LogP contribution is 2.30. The highest BCUT2D eigenvalue weighted by Gasteiger charge is 2.45. The van der Waals surface area contributed by atoms with Crippen LogP contribution in [0, 0.1) is 11.3 Å². The van der Waals surface area contributed by atoms with Crippen molar-refractivity contribution in [3.05, 3.63) is 0 Å². The Morgan fingerprint density at radius 2 is 1.08 bits per heavy atom. The van der Waals surface area contributed by atoms with Crippen molar-refractivity contribution in [2.75, 3.05) is 49.3 Å². The fourth-order valence-corrected chi connectivity index (χ4v) is 14.0. The van der Waals surface area contributed by atoms with Crippen LogP contribution in [0.4, 0.5) is 0 Å². The first-order chi connectivity index (χ1) is 17.7. The lowest BCUT2D eigenvalue weighted by Gasteiger charge is -2.30. The third-order valence-electron chi connectivity index (χ3n) is 6.65. The molecule has 39 heavy (non-hydrogen) atoms. The summed E-state index contributed by atoms with van der Waals surface area (Å²) in [6.45, 7) is 25.7. The average Bonchev–Trinajstić information content (AvgIpc) is 2.84. The largest absolute Gasteiger partial charge is 0.499 e. The van der Waals surface area contributed by atoms with Gasteiger partial charge in [-0.05, 0) is 69.5 Å². The molecule has 0 rings (SSSR count). The molecule has 0 amide bonds. The van der Waals surface area contributed by atoms with Crippen LogP contribution in [0.3, 0.4) is 0 Å². The van der Waals surface area contributed by atoms with Gasteiger partial charge in [-0.3, -0.25) is 0 Å². The zero-order valence-corrected chi connectivity index (χ0v) is 33.3. The minimum Gasteiger partial charge on any atom is -0.421 e. The lowest BCUT2D eigenvalue weighted by atomic mass is 9.86. The second-order valence-corrected chi connectivity index (χ2v) is 29.1. The Hall–Kier alpha value is 0.588. The summed E-state index contributed by atoms with van der Waals surface area (Å²) >= 11 is 0. The molecule has 11 heteroatoms. The van der Waals surface area contributed by atoms with Gasteiger partial charge >= 0.3 is 17.4 Å². The predicted molar refractivity (Wildman–Crippen MR) is 178 cm³/mol. The van der Waals surface area contributed by atoms with Gasteiger partial charge in [-0.15, -0.1) is 0 Å². The summed E-state index contributed by atoms with van der Waals surface area (Å²) in [7, 11) is 2.74. The van der Waals surface area contributed by atoms with Crippen molar-refractivity contribution in [3.63, 3.8) is 0 Å². The van der Waals surface area contributed by atoms with Crippen molar-refractivity contribution in [1.82, 2.24) is 0 Å². The number of hydrogen-bond acceptors (Lipinski definition) is 7. The van der Waals surface area contributed by atoms with Crippen molar-refractivity contribution in [3.8, 4) is 0 Å². The molecular weight excluding hydrogens is 561 g/mol. The zero-order chi connectivity index (χ0) is 31.4. The maximum atomic E-state index is 6.23. The molecule has 0 radical (unpaired) electrons. The normalized spacial score (nSPS) is 13.8. The van der Waals surface area contributed by atoms with Gasteiger partial charge in [0.1, 0.15) is 0 Å². The van der Waals surface area contributed by atoms with Gasteiger partial charge < -0.3 is 31.0 Å². The molecule has 7 nitrogen and oxygen atoms in total. The summed E-state index contributed by atoms with van der Waals surface area (Å²) in [6.07, 6.45) is 7.99. The molecule has 0 spiro atoms. The highest BCUT2D eigenvalue weighted by molar-refractivity contribution is 6.85. The van der Waals surface area contributed by atoms with Crippen molar-refractivity contribution >= 4 is 34.0 Å². The van der Waals surface area contributed by atoms with Gasteiger partial charge in [-0.1, -0.05) is 60.3 Å². The lowest BCUT2D eigenvalue weighted by Crippen LogP contribution is -2.50. The van der Waals surface area contributed by atoms with Crippen LogP contribution in [-0.4, -0.2) is 83.3 Å². The van der Waals surface area contributed by atoms with Crippen LogP contribution in [0.15, 0.2) is 0 Å². The molecule has 0 bridgehead atoms. The van der Waals surface area contributed by atoms with Crippen LogP contribution in [0.5, 0.6) is 0 Å². The summed E-state index contributed by atoms with van der Waals surface area (Å²) in [5, 5.41) is 0. The summed E-state index contributed by atoms with van der Waals surface area (Å²) < 4.78 is 37.6.